The van der Waals surface area contributed by atoms with Crippen molar-refractivity contribution in [3.05, 3.63) is 58.6 Å². The van der Waals surface area contributed by atoms with Crippen molar-refractivity contribution in [2.24, 2.45) is 5.73 Å². The Morgan fingerprint density at radius 2 is 1.89 bits per heavy atom. The Morgan fingerprint density at radius 1 is 1.11 bits per heavy atom. The van der Waals surface area contributed by atoms with Crippen molar-refractivity contribution in [2.45, 2.75) is 13.2 Å². The molecule has 3 nitrogen and oxygen atoms in total. The molecule has 2 rings (SSSR count). The van der Waals surface area contributed by atoms with Crippen molar-refractivity contribution < 1.29 is 9.47 Å². The number of para-hydroxylation sites is 1. The van der Waals surface area contributed by atoms with Crippen molar-refractivity contribution in [1.82, 2.24) is 0 Å². The summed E-state index contributed by atoms with van der Waals surface area (Å²) in [5.74, 6) is 1.47. The predicted molar refractivity (Wildman–Crippen MR) is 76.7 cm³/mol. The van der Waals surface area contributed by atoms with Crippen molar-refractivity contribution in [2.75, 3.05) is 7.11 Å². The lowest BCUT2D eigenvalue weighted by Gasteiger charge is -2.11. The second kappa shape index (κ2) is 6.45. The summed E-state index contributed by atoms with van der Waals surface area (Å²) in [5, 5.41) is 0.607. The van der Waals surface area contributed by atoms with E-state index < -0.39 is 0 Å². The largest absolute Gasteiger partial charge is 0.496 e. The van der Waals surface area contributed by atoms with Crippen LogP contribution in [-0.4, -0.2) is 7.11 Å². The smallest absolute Gasteiger partial charge is 0.138 e. The SMILES string of the molecule is COc1ccc(COc2ccccc2Cl)cc1CN. The first-order valence-electron chi connectivity index (χ1n) is 5.97. The minimum absolute atomic E-state index is 0.434. The molecule has 0 bridgehead atoms. The van der Waals surface area contributed by atoms with Crippen LogP contribution >= 0.6 is 11.6 Å². The molecule has 4 heteroatoms. The Morgan fingerprint density at radius 3 is 2.58 bits per heavy atom. The molecule has 0 aliphatic carbocycles. The average molecular weight is 278 g/mol. The fourth-order valence-corrected chi connectivity index (χ4v) is 1.99. The zero-order valence-electron chi connectivity index (χ0n) is 10.7. The van der Waals surface area contributed by atoms with Gasteiger partial charge in [-0.05, 0) is 29.8 Å². The summed E-state index contributed by atoms with van der Waals surface area (Å²) in [7, 11) is 1.63. The fourth-order valence-electron chi connectivity index (χ4n) is 1.80. The molecule has 0 spiro atoms. The van der Waals surface area contributed by atoms with E-state index in [4.69, 9.17) is 26.8 Å². The molecule has 2 N–H and O–H groups in total. The standard InChI is InChI=1S/C15H16ClNO2/c1-18-14-7-6-11(8-12(14)9-17)10-19-15-5-3-2-4-13(15)16/h2-8H,9-10,17H2,1H3. The third kappa shape index (κ3) is 3.40. The fraction of sp³-hybridized carbons (Fsp3) is 0.200. The number of nitrogens with two attached hydrogens (primary N) is 1. The van der Waals surface area contributed by atoms with Crippen LogP contribution in [0.4, 0.5) is 0 Å². The quantitative estimate of drug-likeness (QED) is 0.911. The van der Waals surface area contributed by atoms with Gasteiger partial charge < -0.3 is 15.2 Å². The van der Waals surface area contributed by atoms with Crippen LogP contribution in [0.15, 0.2) is 42.5 Å². The minimum atomic E-state index is 0.434. The third-order valence-electron chi connectivity index (χ3n) is 2.80. The van der Waals surface area contributed by atoms with Crippen LogP contribution in [0.3, 0.4) is 0 Å². The lowest BCUT2D eigenvalue weighted by molar-refractivity contribution is 0.306. The molecule has 0 radical (unpaired) electrons. The number of methoxy groups -OCH3 is 1. The first-order valence-corrected chi connectivity index (χ1v) is 6.35. The molecule has 19 heavy (non-hydrogen) atoms. The predicted octanol–water partition coefficient (Wildman–Crippen LogP) is 3.39. The van der Waals surface area contributed by atoms with E-state index in [2.05, 4.69) is 0 Å². The second-order valence-corrected chi connectivity index (χ2v) is 4.48. The summed E-state index contributed by atoms with van der Waals surface area (Å²) in [6, 6.07) is 13.2. The van der Waals surface area contributed by atoms with Crippen LogP contribution in [0.25, 0.3) is 0 Å². The summed E-state index contributed by atoms with van der Waals surface area (Å²) in [5.41, 5.74) is 7.67. The molecule has 0 heterocycles. The number of halogens is 1. The van der Waals surface area contributed by atoms with E-state index in [0.29, 0.717) is 23.9 Å². The molecule has 0 atom stereocenters. The summed E-state index contributed by atoms with van der Waals surface area (Å²) in [6.07, 6.45) is 0. The summed E-state index contributed by atoms with van der Waals surface area (Å²) < 4.78 is 10.9. The number of hydrogen-bond donors (Lipinski definition) is 1. The molecule has 100 valence electrons. The molecule has 0 saturated heterocycles. The maximum atomic E-state index is 6.03. The number of ether oxygens (including phenoxy) is 2. The highest BCUT2D eigenvalue weighted by atomic mass is 35.5. The molecule has 0 aliphatic rings. The van der Waals surface area contributed by atoms with Crippen LogP contribution < -0.4 is 15.2 Å². The Labute approximate surface area is 117 Å². The van der Waals surface area contributed by atoms with Gasteiger partial charge in [0.1, 0.15) is 18.1 Å². The normalized spacial score (nSPS) is 10.3. The van der Waals surface area contributed by atoms with Crippen LogP contribution in [-0.2, 0) is 13.2 Å². The Kier molecular flexibility index (Phi) is 4.66. The van der Waals surface area contributed by atoms with Gasteiger partial charge in [-0.3, -0.25) is 0 Å². The monoisotopic (exact) mass is 277 g/mol. The lowest BCUT2D eigenvalue weighted by Crippen LogP contribution is -2.02. The van der Waals surface area contributed by atoms with Gasteiger partial charge in [0.15, 0.2) is 0 Å². The van der Waals surface area contributed by atoms with Crippen molar-refractivity contribution in [1.29, 1.82) is 0 Å². The first-order chi connectivity index (χ1) is 9.24. The highest BCUT2D eigenvalue weighted by molar-refractivity contribution is 6.32. The minimum Gasteiger partial charge on any atom is -0.496 e. The molecule has 0 unspecified atom stereocenters. The number of hydrogen-bond acceptors (Lipinski definition) is 3. The van der Waals surface area contributed by atoms with E-state index in [1.807, 2.05) is 36.4 Å². The maximum Gasteiger partial charge on any atom is 0.138 e. The van der Waals surface area contributed by atoms with Gasteiger partial charge in [-0.15, -0.1) is 0 Å². The molecular formula is C15H16ClNO2. The van der Waals surface area contributed by atoms with Crippen LogP contribution in [0, 0.1) is 0 Å². The Bertz CT molecular complexity index is 558. The van der Waals surface area contributed by atoms with Crippen LogP contribution in [0.1, 0.15) is 11.1 Å². The molecule has 0 fully saturated rings. The number of benzene rings is 2. The topological polar surface area (TPSA) is 44.5 Å². The van der Waals surface area contributed by atoms with Gasteiger partial charge in [-0.25, -0.2) is 0 Å². The summed E-state index contributed by atoms with van der Waals surface area (Å²) in [6.45, 7) is 0.879. The van der Waals surface area contributed by atoms with Crippen molar-refractivity contribution in [3.63, 3.8) is 0 Å². The number of rotatable bonds is 5. The summed E-state index contributed by atoms with van der Waals surface area (Å²) in [4.78, 5) is 0. The van der Waals surface area contributed by atoms with Gasteiger partial charge in [-0.1, -0.05) is 29.8 Å². The molecule has 0 saturated carbocycles. The van der Waals surface area contributed by atoms with Gasteiger partial charge in [-0.2, -0.15) is 0 Å². The maximum absolute atomic E-state index is 6.03. The van der Waals surface area contributed by atoms with Crippen LogP contribution in [0.5, 0.6) is 11.5 Å². The van der Waals surface area contributed by atoms with Gasteiger partial charge in [0.05, 0.1) is 12.1 Å². The highest BCUT2D eigenvalue weighted by Crippen LogP contribution is 2.25. The second-order valence-electron chi connectivity index (χ2n) is 4.07. The van der Waals surface area contributed by atoms with E-state index in [9.17, 15) is 0 Å². The zero-order valence-corrected chi connectivity index (χ0v) is 11.5. The zero-order chi connectivity index (χ0) is 13.7. The Balaban J connectivity index is 2.10. The molecule has 2 aromatic rings. The average Bonchev–Trinajstić information content (AvgIpc) is 2.46. The highest BCUT2D eigenvalue weighted by Gasteiger charge is 2.05. The summed E-state index contributed by atoms with van der Waals surface area (Å²) >= 11 is 6.03. The lowest BCUT2D eigenvalue weighted by atomic mass is 10.1. The third-order valence-corrected chi connectivity index (χ3v) is 3.11. The van der Waals surface area contributed by atoms with E-state index in [-0.39, 0.29) is 0 Å². The van der Waals surface area contributed by atoms with Gasteiger partial charge in [0.25, 0.3) is 0 Å². The molecule has 0 aromatic heterocycles. The van der Waals surface area contributed by atoms with Crippen LogP contribution in [0.2, 0.25) is 5.02 Å². The molecular weight excluding hydrogens is 262 g/mol. The van der Waals surface area contributed by atoms with E-state index >= 15 is 0 Å². The van der Waals surface area contributed by atoms with E-state index in [0.717, 1.165) is 16.9 Å². The first kappa shape index (κ1) is 13.7. The van der Waals surface area contributed by atoms with Gasteiger partial charge in [0, 0.05) is 12.1 Å². The van der Waals surface area contributed by atoms with Gasteiger partial charge >= 0.3 is 0 Å². The van der Waals surface area contributed by atoms with Crippen molar-refractivity contribution in [3.8, 4) is 11.5 Å². The van der Waals surface area contributed by atoms with Crippen molar-refractivity contribution >= 4 is 11.6 Å². The Hall–Kier alpha value is -1.71. The van der Waals surface area contributed by atoms with Gasteiger partial charge in [0.2, 0.25) is 0 Å². The van der Waals surface area contributed by atoms with E-state index in [1.54, 1.807) is 13.2 Å². The van der Waals surface area contributed by atoms with E-state index in [1.165, 1.54) is 0 Å². The molecule has 0 aliphatic heterocycles. The molecule has 2 aromatic carbocycles. The molecule has 0 amide bonds.